The van der Waals surface area contributed by atoms with Gasteiger partial charge in [0.25, 0.3) is 5.91 Å². The summed E-state index contributed by atoms with van der Waals surface area (Å²) in [4.78, 5) is 38.0. The third kappa shape index (κ3) is 4.18. The van der Waals surface area contributed by atoms with E-state index in [2.05, 4.69) is 5.32 Å². The largest absolute Gasteiger partial charge is 0.449 e. The number of nitrogens with zero attached hydrogens (tertiary/aromatic N) is 1. The minimum absolute atomic E-state index is 0.0647. The first-order valence-corrected chi connectivity index (χ1v) is 8.96. The van der Waals surface area contributed by atoms with E-state index >= 15 is 0 Å². The number of esters is 1. The number of ether oxygens (including phenoxy) is 1. The van der Waals surface area contributed by atoms with Crippen LogP contribution in [0.15, 0.2) is 24.3 Å². The monoisotopic (exact) mass is 344 g/mol. The highest BCUT2D eigenvalue weighted by Gasteiger charge is 2.25. The summed E-state index contributed by atoms with van der Waals surface area (Å²) >= 11 is 0. The fourth-order valence-corrected chi connectivity index (χ4v) is 3.39. The minimum atomic E-state index is -0.842. The van der Waals surface area contributed by atoms with E-state index < -0.39 is 12.1 Å². The van der Waals surface area contributed by atoms with Gasteiger partial charge in [-0.3, -0.25) is 9.59 Å². The molecule has 134 valence electrons. The van der Waals surface area contributed by atoms with Gasteiger partial charge in [-0.25, -0.2) is 4.79 Å². The summed E-state index contributed by atoms with van der Waals surface area (Å²) in [5.74, 6) is -0.747. The zero-order valence-electron chi connectivity index (χ0n) is 14.5. The van der Waals surface area contributed by atoms with E-state index in [0.717, 1.165) is 32.1 Å². The Kier molecular flexibility index (Phi) is 5.36. The average Bonchev–Trinajstić information content (AvgIpc) is 3.26. The summed E-state index contributed by atoms with van der Waals surface area (Å²) in [7, 11) is 0. The van der Waals surface area contributed by atoms with Crippen LogP contribution in [-0.2, 0) is 14.3 Å². The summed E-state index contributed by atoms with van der Waals surface area (Å²) in [6, 6.07) is 7.00. The lowest BCUT2D eigenvalue weighted by molar-refractivity contribution is -0.129. The first kappa shape index (κ1) is 17.5. The number of carbonyl (C=O) groups excluding carboxylic acids is 3. The zero-order valence-corrected chi connectivity index (χ0v) is 14.5. The standard InChI is InChI=1S/C19H24N2O4/c1-13(18(23)20-15-7-2-3-8-15)25-19(24)14-6-4-9-16(12-14)21-11-5-10-17(21)22/h4,6,9,12-13,15H,2-3,5,7-8,10-11H2,1H3,(H,20,23)/t13-/m1/s1. The lowest BCUT2D eigenvalue weighted by atomic mass is 10.2. The molecule has 1 atom stereocenters. The minimum Gasteiger partial charge on any atom is -0.449 e. The molecule has 25 heavy (non-hydrogen) atoms. The predicted molar refractivity (Wildman–Crippen MR) is 93.3 cm³/mol. The molecule has 0 unspecified atom stereocenters. The van der Waals surface area contributed by atoms with Crippen molar-refractivity contribution >= 4 is 23.5 Å². The average molecular weight is 344 g/mol. The third-order valence-electron chi connectivity index (χ3n) is 4.82. The Labute approximate surface area is 147 Å². The molecule has 1 aromatic rings. The van der Waals surface area contributed by atoms with Crippen LogP contribution in [0, 0.1) is 0 Å². The second-order valence-electron chi connectivity index (χ2n) is 6.74. The number of benzene rings is 1. The van der Waals surface area contributed by atoms with Crippen LogP contribution in [0.3, 0.4) is 0 Å². The van der Waals surface area contributed by atoms with Crippen LogP contribution in [0.25, 0.3) is 0 Å². The van der Waals surface area contributed by atoms with Crippen molar-refractivity contribution in [3.05, 3.63) is 29.8 Å². The summed E-state index contributed by atoms with van der Waals surface area (Å²) in [5, 5.41) is 2.93. The summed E-state index contributed by atoms with van der Waals surface area (Å²) < 4.78 is 5.30. The summed E-state index contributed by atoms with van der Waals surface area (Å²) in [5.41, 5.74) is 1.04. The molecular formula is C19H24N2O4. The summed E-state index contributed by atoms with van der Waals surface area (Å²) in [6.45, 7) is 2.24. The lowest BCUT2D eigenvalue weighted by Gasteiger charge is -2.18. The van der Waals surface area contributed by atoms with Crippen LogP contribution >= 0.6 is 0 Å². The molecule has 3 rings (SSSR count). The number of nitrogens with one attached hydrogen (secondary N) is 1. The van der Waals surface area contributed by atoms with Gasteiger partial charge in [0.2, 0.25) is 5.91 Å². The maximum Gasteiger partial charge on any atom is 0.338 e. The molecule has 1 aliphatic heterocycles. The van der Waals surface area contributed by atoms with Gasteiger partial charge in [0, 0.05) is 24.7 Å². The molecule has 1 N–H and O–H groups in total. The van der Waals surface area contributed by atoms with Gasteiger partial charge >= 0.3 is 5.97 Å². The molecule has 1 saturated carbocycles. The number of rotatable bonds is 5. The summed E-state index contributed by atoms with van der Waals surface area (Å²) in [6.07, 6.45) is 4.74. The van der Waals surface area contributed by atoms with Gasteiger partial charge in [-0.05, 0) is 44.4 Å². The third-order valence-corrected chi connectivity index (χ3v) is 4.82. The van der Waals surface area contributed by atoms with Gasteiger partial charge < -0.3 is 15.0 Å². The van der Waals surface area contributed by atoms with Crippen molar-refractivity contribution in [1.82, 2.24) is 5.32 Å². The van der Waals surface area contributed by atoms with Gasteiger partial charge in [-0.2, -0.15) is 0 Å². The number of carbonyl (C=O) groups is 3. The van der Waals surface area contributed by atoms with E-state index in [1.807, 2.05) is 0 Å². The highest BCUT2D eigenvalue weighted by Crippen LogP contribution is 2.23. The van der Waals surface area contributed by atoms with Crippen LogP contribution < -0.4 is 10.2 Å². The molecule has 1 aliphatic carbocycles. The van der Waals surface area contributed by atoms with Gasteiger partial charge in [-0.1, -0.05) is 18.9 Å². The van der Waals surface area contributed by atoms with Gasteiger partial charge in [0.1, 0.15) is 0 Å². The first-order valence-electron chi connectivity index (χ1n) is 8.96. The number of amides is 2. The van der Waals surface area contributed by atoms with Gasteiger partial charge in [0.15, 0.2) is 6.10 Å². The smallest absolute Gasteiger partial charge is 0.338 e. The second-order valence-corrected chi connectivity index (χ2v) is 6.74. The number of anilines is 1. The Hall–Kier alpha value is -2.37. The molecule has 2 fully saturated rings. The molecule has 2 aliphatic rings. The Balaban J connectivity index is 1.60. The van der Waals surface area contributed by atoms with Crippen molar-refractivity contribution in [2.45, 2.75) is 57.6 Å². The quantitative estimate of drug-likeness (QED) is 0.833. The molecule has 0 spiro atoms. The fourth-order valence-electron chi connectivity index (χ4n) is 3.39. The maximum absolute atomic E-state index is 12.3. The Morgan fingerprint density at radius 3 is 2.68 bits per heavy atom. The molecule has 1 saturated heterocycles. The molecule has 1 heterocycles. The topological polar surface area (TPSA) is 75.7 Å². The van der Waals surface area contributed by atoms with E-state index in [1.54, 1.807) is 36.1 Å². The molecule has 0 aromatic heterocycles. The van der Waals surface area contributed by atoms with Crippen molar-refractivity contribution in [2.24, 2.45) is 0 Å². The van der Waals surface area contributed by atoms with E-state index in [1.165, 1.54) is 0 Å². The van der Waals surface area contributed by atoms with E-state index in [9.17, 15) is 14.4 Å². The van der Waals surface area contributed by atoms with Crippen LogP contribution in [-0.4, -0.2) is 36.5 Å². The van der Waals surface area contributed by atoms with Crippen LogP contribution in [0.1, 0.15) is 55.8 Å². The van der Waals surface area contributed by atoms with Crippen LogP contribution in [0.5, 0.6) is 0 Å². The Bertz CT molecular complexity index is 667. The van der Waals surface area contributed by atoms with E-state index in [0.29, 0.717) is 24.2 Å². The Morgan fingerprint density at radius 2 is 2.00 bits per heavy atom. The molecule has 6 heteroatoms. The lowest BCUT2D eigenvalue weighted by Crippen LogP contribution is -2.40. The molecular weight excluding hydrogens is 320 g/mol. The highest BCUT2D eigenvalue weighted by atomic mass is 16.5. The predicted octanol–water partition coefficient (Wildman–Crippen LogP) is 2.42. The van der Waals surface area contributed by atoms with Crippen molar-refractivity contribution in [3.63, 3.8) is 0 Å². The fraction of sp³-hybridized carbons (Fsp3) is 0.526. The molecule has 0 radical (unpaired) electrons. The molecule has 1 aromatic carbocycles. The van der Waals surface area contributed by atoms with Crippen LogP contribution in [0.4, 0.5) is 5.69 Å². The van der Waals surface area contributed by atoms with Crippen molar-refractivity contribution in [2.75, 3.05) is 11.4 Å². The number of hydrogen-bond acceptors (Lipinski definition) is 4. The van der Waals surface area contributed by atoms with Crippen molar-refractivity contribution in [1.29, 1.82) is 0 Å². The van der Waals surface area contributed by atoms with Crippen LogP contribution in [0.2, 0.25) is 0 Å². The maximum atomic E-state index is 12.3. The second kappa shape index (κ2) is 7.68. The molecule has 2 amide bonds. The van der Waals surface area contributed by atoms with Gasteiger partial charge in [-0.15, -0.1) is 0 Å². The van der Waals surface area contributed by atoms with Crippen molar-refractivity contribution in [3.8, 4) is 0 Å². The van der Waals surface area contributed by atoms with E-state index in [4.69, 9.17) is 4.74 Å². The van der Waals surface area contributed by atoms with Gasteiger partial charge in [0.05, 0.1) is 5.56 Å². The zero-order chi connectivity index (χ0) is 17.8. The Morgan fingerprint density at radius 1 is 1.24 bits per heavy atom. The van der Waals surface area contributed by atoms with Crippen molar-refractivity contribution < 1.29 is 19.1 Å². The molecule has 0 bridgehead atoms. The molecule has 6 nitrogen and oxygen atoms in total. The first-order chi connectivity index (χ1) is 12.0. The van der Waals surface area contributed by atoms with E-state index in [-0.39, 0.29) is 17.9 Å². The number of hydrogen-bond donors (Lipinski definition) is 1. The highest BCUT2D eigenvalue weighted by molar-refractivity contribution is 5.98. The SMILES string of the molecule is C[C@@H](OC(=O)c1cccc(N2CCCC2=O)c1)C(=O)NC1CCCC1. The normalized spacial score (nSPS) is 19.1.